The monoisotopic (exact) mass is 336 g/mol. The number of nitrogens with zero attached hydrogens (tertiary/aromatic N) is 1. The quantitative estimate of drug-likeness (QED) is 0.662. The van der Waals surface area contributed by atoms with Crippen LogP contribution in [0.1, 0.15) is 26.2 Å². The summed E-state index contributed by atoms with van der Waals surface area (Å²) < 4.78 is 1.05. The molecule has 2 amide bonds. The summed E-state index contributed by atoms with van der Waals surface area (Å²) in [5, 5.41) is 6.24. The van der Waals surface area contributed by atoms with E-state index in [1.165, 1.54) is 11.3 Å². The van der Waals surface area contributed by atoms with E-state index in [0.717, 1.165) is 34.1 Å². The molecule has 1 heterocycles. The number of carbonyl (C=O) groups is 1. The van der Waals surface area contributed by atoms with Crippen molar-refractivity contribution in [3.63, 3.8) is 0 Å². The summed E-state index contributed by atoms with van der Waals surface area (Å²) in [5.41, 5.74) is 6.39. The van der Waals surface area contributed by atoms with Crippen molar-refractivity contribution in [3.8, 4) is 0 Å². The fourth-order valence-electron chi connectivity index (χ4n) is 1.79. The second-order valence-corrected chi connectivity index (χ2v) is 7.17. The number of benzene rings is 1. The van der Waals surface area contributed by atoms with Gasteiger partial charge in [0.2, 0.25) is 0 Å². The van der Waals surface area contributed by atoms with Gasteiger partial charge in [-0.1, -0.05) is 42.9 Å². The van der Waals surface area contributed by atoms with Crippen LogP contribution in [-0.4, -0.2) is 17.6 Å². The zero-order valence-corrected chi connectivity index (χ0v) is 14.1. The minimum absolute atomic E-state index is 0.160. The SMILES string of the molecule is CCCCCNC(=O)Nc1ccc(Sc2cnc(N)s2)cc1. The standard InChI is InChI=1S/C15H20N4OS2/c1-2-3-4-9-17-15(20)19-11-5-7-12(8-6-11)21-13-10-18-14(16)22-13/h5-8,10H,2-4,9H2,1H3,(H2,16,18)(H2,17,19,20). The maximum absolute atomic E-state index is 11.7. The van der Waals surface area contributed by atoms with Crippen molar-refractivity contribution in [1.82, 2.24) is 10.3 Å². The van der Waals surface area contributed by atoms with Crippen molar-refractivity contribution in [1.29, 1.82) is 0 Å². The molecular formula is C15H20N4OS2. The number of urea groups is 1. The second kappa shape index (κ2) is 8.65. The Bertz CT molecular complexity index is 598. The topological polar surface area (TPSA) is 80.0 Å². The molecule has 0 unspecified atom stereocenters. The first-order valence-corrected chi connectivity index (χ1v) is 8.84. The lowest BCUT2D eigenvalue weighted by atomic mass is 10.2. The summed E-state index contributed by atoms with van der Waals surface area (Å²) in [6, 6.07) is 7.55. The van der Waals surface area contributed by atoms with Crippen molar-refractivity contribution in [2.75, 3.05) is 17.6 Å². The number of nitrogens with two attached hydrogens (primary N) is 1. The molecule has 5 nitrogen and oxygen atoms in total. The molecule has 22 heavy (non-hydrogen) atoms. The number of hydrogen-bond donors (Lipinski definition) is 3. The van der Waals surface area contributed by atoms with Crippen LogP contribution in [0.2, 0.25) is 0 Å². The molecule has 2 aromatic rings. The predicted octanol–water partition coefficient (Wildman–Crippen LogP) is 4.19. The van der Waals surface area contributed by atoms with Crippen LogP contribution in [0.5, 0.6) is 0 Å². The molecule has 0 saturated carbocycles. The summed E-state index contributed by atoms with van der Waals surface area (Å²) >= 11 is 3.06. The van der Waals surface area contributed by atoms with E-state index in [4.69, 9.17) is 5.73 Å². The average molecular weight is 336 g/mol. The third-order valence-electron chi connectivity index (χ3n) is 2.90. The largest absolute Gasteiger partial charge is 0.375 e. The van der Waals surface area contributed by atoms with Gasteiger partial charge >= 0.3 is 6.03 Å². The minimum atomic E-state index is -0.160. The number of hydrogen-bond acceptors (Lipinski definition) is 5. The van der Waals surface area contributed by atoms with Gasteiger partial charge in [0, 0.05) is 17.1 Å². The Labute approximate surface area is 138 Å². The van der Waals surface area contributed by atoms with E-state index < -0.39 is 0 Å². The minimum Gasteiger partial charge on any atom is -0.375 e. The summed E-state index contributed by atoms with van der Waals surface area (Å²) in [6.07, 6.45) is 5.06. The molecular weight excluding hydrogens is 316 g/mol. The molecule has 1 aromatic carbocycles. The number of nitrogens with one attached hydrogen (secondary N) is 2. The van der Waals surface area contributed by atoms with Crippen LogP contribution < -0.4 is 16.4 Å². The van der Waals surface area contributed by atoms with Gasteiger partial charge < -0.3 is 16.4 Å². The van der Waals surface area contributed by atoms with Crippen LogP contribution in [-0.2, 0) is 0 Å². The number of nitrogen functional groups attached to an aromatic ring is 1. The maximum Gasteiger partial charge on any atom is 0.319 e. The zero-order chi connectivity index (χ0) is 15.8. The molecule has 7 heteroatoms. The van der Waals surface area contributed by atoms with Crippen molar-refractivity contribution >= 4 is 39.9 Å². The van der Waals surface area contributed by atoms with E-state index in [0.29, 0.717) is 11.7 Å². The summed E-state index contributed by atoms with van der Waals surface area (Å²) in [7, 11) is 0. The van der Waals surface area contributed by atoms with Gasteiger partial charge in [0.25, 0.3) is 0 Å². The normalized spacial score (nSPS) is 10.4. The van der Waals surface area contributed by atoms with Gasteiger partial charge in [-0.05, 0) is 30.7 Å². The molecule has 0 bridgehead atoms. The lowest BCUT2D eigenvalue weighted by Gasteiger charge is -2.07. The van der Waals surface area contributed by atoms with Crippen molar-refractivity contribution in [3.05, 3.63) is 30.5 Å². The molecule has 0 aliphatic heterocycles. The van der Waals surface area contributed by atoms with E-state index in [2.05, 4.69) is 22.5 Å². The highest BCUT2D eigenvalue weighted by Crippen LogP contribution is 2.33. The Morgan fingerprint density at radius 2 is 2.09 bits per heavy atom. The maximum atomic E-state index is 11.7. The second-order valence-electron chi connectivity index (χ2n) is 4.73. The molecule has 0 aliphatic carbocycles. The number of thiazole rings is 1. The van der Waals surface area contributed by atoms with Crippen LogP contribution >= 0.6 is 23.1 Å². The third kappa shape index (κ3) is 5.57. The van der Waals surface area contributed by atoms with Crippen molar-refractivity contribution in [2.45, 2.75) is 35.3 Å². The van der Waals surface area contributed by atoms with Gasteiger partial charge in [0.15, 0.2) is 5.13 Å². The number of aromatic nitrogens is 1. The molecule has 118 valence electrons. The van der Waals surface area contributed by atoms with Gasteiger partial charge in [-0.15, -0.1) is 0 Å². The van der Waals surface area contributed by atoms with Crippen molar-refractivity contribution in [2.24, 2.45) is 0 Å². The molecule has 0 aliphatic rings. The van der Waals surface area contributed by atoms with Crippen LogP contribution in [0.25, 0.3) is 0 Å². The molecule has 0 atom stereocenters. The fraction of sp³-hybridized carbons (Fsp3) is 0.333. The van der Waals surface area contributed by atoms with Crippen LogP contribution in [0.3, 0.4) is 0 Å². The van der Waals surface area contributed by atoms with E-state index in [1.54, 1.807) is 18.0 Å². The van der Waals surface area contributed by atoms with Gasteiger partial charge in [0.05, 0.1) is 10.4 Å². The lowest BCUT2D eigenvalue weighted by molar-refractivity contribution is 0.252. The number of anilines is 2. The highest BCUT2D eigenvalue weighted by atomic mass is 32.2. The van der Waals surface area contributed by atoms with Crippen LogP contribution in [0, 0.1) is 0 Å². The van der Waals surface area contributed by atoms with Crippen molar-refractivity contribution < 1.29 is 4.79 Å². The van der Waals surface area contributed by atoms with Gasteiger partial charge in [-0.2, -0.15) is 0 Å². The lowest BCUT2D eigenvalue weighted by Crippen LogP contribution is -2.29. The molecule has 0 fully saturated rings. The molecule has 0 spiro atoms. The van der Waals surface area contributed by atoms with Crippen LogP contribution in [0.15, 0.2) is 39.6 Å². The van der Waals surface area contributed by atoms with Gasteiger partial charge in [-0.25, -0.2) is 9.78 Å². The summed E-state index contributed by atoms with van der Waals surface area (Å²) in [6.45, 7) is 2.85. The Hall–Kier alpha value is -1.73. The number of unbranched alkanes of at least 4 members (excludes halogenated alkanes) is 2. The molecule has 4 N–H and O–H groups in total. The number of amides is 2. The first-order chi connectivity index (χ1) is 10.7. The van der Waals surface area contributed by atoms with E-state index in [9.17, 15) is 4.79 Å². The Kier molecular flexibility index (Phi) is 6.54. The Balaban J connectivity index is 1.80. The molecule has 2 rings (SSSR count). The third-order valence-corrected chi connectivity index (χ3v) is 4.83. The van der Waals surface area contributed by atoms with E-state index in [1.807, 2.05) is 24.3 Å². The Morgan fingerprint density at radius 3 is 2.73 bits per heavy atom. The van der Waals surface area contributed by atoms with E-state index >= 15 is 0 Å². The summed E-state index contributed by atoms with van der Waals surface area (Å²) in [4.78, 5) is 16.8. The zero-order valence-electron chi connectivity index (χ0n) is 12.5. The highest BCUT2D eigenvalue weighted by molar-refractivity contribution is 8.01. The number of carbonyl (C=O) groups excluding carboxylic acids is 1. The van der Waals surface area contributed by atoms with Crippen LogP contribution in [0.4, 0.5) is 15.6 Å². The molecule has 1 aromatic heterocycles. The fourth-order valence-corrected chi connectivity index (χ4v) is 3.53. The van der Waals surface area contributed by atoms with E-state index in [-0.39, 0.29) is 6.03 Å². The first kappa shape index (κ1) is 16.6. The first-order valence-electron chi connectivity index (χ1n) is 7.21. The van der Waals surface area contributed by atoms with Gasteiger partial charge in [-0.3, -0.25) is 0 Å². The summed E-state index contributed by atoms with van der Waals surface area (Å²) in [5.74, 6) is 0. The molecule has 0 saturated heterocycles. The predicted molar refractivity (Wildman–Crippen MR) is 93.6 cm³/mol. The van der Waals surface area contributed by atoms with Gasteiger partial charge in [0.1, 0.15) is 0 Å². The average Bonchev–Trinajstić information content (AvgIpc) is 2.91. The Morgan fingerprint density at radius 1 is 1.32 bits per heavy atom. The smallest absolute Gasteiger partial charge is 0.319 e. The highest BCUT2D eigenvalue weighted by Gasteiger charge is 2.04. The number of rotatable bonds is 7. The molecule has 0 radical (unpaired) electrons.